The van der Waals surface area contributed by atoms with Gasteiger partial charge in [0.15, 0.2) is 0 Å². The van der Waals surface area contributed by atoms with E-state index in [1.165, 1.54) is 98.4 Å². The number of fused-ring (bicyclic) bond motifs is 6. The lowest BCUT2D eigenvalue weighted by molar-refractivity contribution is 0.666. The molecular weight excluding hydrogens is 540 g/mol. The van der Waals surface area contributed by atoms with Gasteiger partial charge in [0, 0.05) is 5.41 Å². The number of hydrogen-bond acceptors (Lipinski definition) is 0. The molecule has 10 rings (SSSR count). The summed E-state index contributed by atoms with van der Waals surface area (Å²) in [5.41, 5.74) is 10.6. The molecule has 0 heterocycles. The van der Waals surface area contributed by atoms with E-state index in [-0.39, 0.29) is 5.41 Å². The third-order valence-electron chi connectivity index (χ3n) is 10.6. The molecule has 0 unspecified atom stereocenters. The van der Waals surface area contributed by atoms with Gasteiger partial charge < -0.3 is 0 Å². The summed E-state index contributed by atoms with van der Waals surface area (Å²) in [6.45, 7) is 4.84. The maximum Gasteiger partial charge on any atom is 0.0165 e. The Kier molecular flexibility index (Phi) is 4.88. The molecule has 1 aliphatic carbocycles. The second-order valence-corrected chi connectivity index (χ2v) is 13.3. The monoisotopic (exact) mass is 570 g/mol. The Morgan fingerprint density at radius 2 is 0.956 bits per heavy atom. The molecule has 0 saturated heterocycles. The molecule has 210 valence electrons. The van der Waals surface area contributed by atoms with Crippen LogP contribution in [-0.4, -0.2) is 0 Å². The summed E-state index contributed by atoms with van der Waals surface area (Å²) in [5.74, 6) is 0. The highest BCUT2D eigenvalue weighted by Crippen LogP contribution is 2.56. The maximum atomic E-state index is 2.50. The lowest BCUT2D eigenvalue weighted by Gasteiger charge is -2.24. The van der Waals surface area contributed by atoms with Gasteiger partial charge in [-0.2, -0.15) is 0 Å². The molecule has 0 saturated carbocycles. The Bertz CT molecular complexity index is 2650. The van der Waals surface area contributed by atoms with Crippen molar-refractivity contribution in [1.82, 2.24) is 0 Å². The third kappa shape index (κ3) is 3.32. The van der Waals surface area contributed by atoms with Crippen LogP contribution in [0.4, 0.5) is 0 Å². The van der Waals surface area contributed by atoms with E-state index in [4.69, 9.17) is 0 Å². The van der Waals surface area contributed by atoms with Crippen molar-refractivity contribution in [3.05, 3.63) is 157 Å². The van der Waals surface area contributed by atoms with E-state index in [0.29, 0.717) is 0 Å². The molecule has 0 spiro atoms. The summed E-state index contributed by atoms with van der Waals surface area (Å²) >= 11 is 0. The summed E-state index contributed by atoms with van der Waals surface area (Å²) in [6.07, 6.45) is 0. The first kappa shape index (κ1) is 24.9. The van der Waals surface area contributed by atoms with Crippen LogP contribution in [0.25, 0.3) is 87.2 Å². The molecule has 0 heteroatoms. The van der Waals surface area contributed by atoms with Crippen LogP contribution in [0.1, 0.15) is 25.0 Å². The summed E-state index contributed by atoms with van der Waals surface area (Å²) in [4.78, 5) is 0. The van der Waals surface area contributed by atoms with Crippen molar-refractivity contribution in [3.8, 4) is 33.4 Å². The average molecular weight is 571 g/mol. The first-order chi connectivity index (χ1) is 22.1. The first-order valence-corrected chi connectivity index (χ1v) is 15.9. The van der Waals surface area contributed by atoms with Gasteiger partial charge in [-0.25, -0.2) is 0 Å². The van der Waals surface area contributed by atoms with Crippen molar-refractivity contribution in [2.75, 3.05) is 0 Å². The summed E-state index contributed by atoms with van der Waals surface area (Å²) in [6, 6.07) is 54.7. The first-order valence-electron chi connectivity index (χ1n) is 15.9. The van der Waals surface area contributed by atoms with E-state index in [1.807, 2.05) is 0 Å². The zero-order valence-corrected chi connectivity index (χ0v) is 25.4. The predicted octanol–water partition coefficient (Wildman–Crippen LogP) is 12.5. The molecule has 0 nitrogen and oxygen atoms in total. The molecule has 1 aliphatic rings. The van der Waals surface area contributed by atoms with Gasteiger partial charge in [-0.05, 0) is 111 Å². The minimum Gasteiger partial charge on any atom is -0.0616 e. The second kappa shape index (κ2) is 8.80. The van der Waals surface area contributed by atoms with Crippen molar-refractivity contribution < 1.29 is 0 Å². The largest absolute Gasteiger partial charge is 0.0616 e. The summed E-state index contributed by atoms with van der Waals surface area (Å²) in [7, 11) is 0. The quantitative estimate of drug-likeness (QED) is 0.181. The van der Waals surface area contributed by atoms with Crippen LogP contribution < -0.4 is 0 Å². The van der Waals surface area contributed by atoms with Crippen molar-refractivity contribution in [1.29, 1.82) is 0 Å². The van der Waals surface area contributed by atoms with Crippen LogP contribution in [0.5, 0.6) is 0 Å². The molecule has 0 amide bonds. The van der Waals surface area contributed by atoms with Crippen LogP contribution >= 0.6 is 0 Å². The molecule has 0 atom stereocenters. The van der Waals surface area contributed by atoms with Crippen LogP contribution in [0.15, 0.2) is 146 Å². The van der Waals surface area contributed by atoms with Crippen LogP contribution in [0.2, 0.25) is 0 Å². The molecule has 45 heavy (non-hydrogen) atoms. The second-order valence-electron chi connectivity index (χ2n) is 13.3. The topological polar surface area (TPSA) is 0 Å². The molecule has 0 fully saturated rings. The van der Waals surface area contributed by atoms with Crippen LogP contribution in [-0.2, 0) is 5.41 Å². The summed E-state index contributed by atoms with van der Waals surface area (Å²) < 4.78 is 0. The Labute approximate surface area is 262 Å². The molecule has 9 aromatic carbocycles. The van der Waals surface area contributed by atoms with Crippen LogP contribution in [0.3, 0.4) is 0 Å². The van der Waals surface area contributed by atoms with Gasteiger partial charge in [0.1, 0.15) is 0 Å². The lowest BCUT2D eigenvalue weighted by Crippen LogP contribution is -2.15. The minimum atomic E-state index is -0.162. The normalized spacial score (nSPS) is 13.7. The molecule has 0 aromatic heterocycles. The van der Waals surface area contributed by atoms with E-state index >= 15 is 0 Å². The van der Waals surface area contributed by atoms with Crippen molar-refractivity contribution >= 4 is 53.9 Å². The Balaban J connectivity index is 1.35. The SMILES string of the molecule is CC1(C)c2cc(-c3ccc4ccc5cccc6ccc3c4c56)cc(-c3cccc4ccccc34)c2-c2ccc3ccccc3c21. The minimum absolute atomic E-state index is 0.162. The Morgan fingerprint density at radius 1 is 0.378 bits per heavy atom. The Morgan fingerprint density at radius 3 is 1.78 bits per heavy atom. The Hall–Kier alpha value is -5.46. The molecular formula is C45H30. The van der Waals surface area contributed by atoms with Gasteiger partial charge in [0.05, 0.1) is 0 Å². The highest BCUT2D eigenvalue weighted by molar-refractivity contribution is 6.25. The van der Waals surface area contributed by atoms with E-state index in [0.717, 1.165) is 0 Å². The maximum absolute atomic E-state index is 2.50. The van der Waals surface area contributed by atoms with Gasteiger partial charge in [-0.3, -0.25) is 0 Å². The molecule has 0 N–H and O–H groups in total. The van der Waals surface area contributed by atoms with E-state index < -0.39 is 0 Å². The zero-order valence-electron chi connectivity index (χ0n) is 25.4. The van der Waals surface area contributed by atoms with Gasteiger partial charge in [0.25, 0.3) is 0 Å². The smallest absolute Gasteiger partial charge is 0.0165 e. The summed E-state index contributed by atoms with van der Waals surface area (Å²) in [5, 5.41) is 13.2. The fourth-order valence-electron chi connectivity index (χ4n) is 8.53. The third-order valence-corrected chi connectivity index (χ3v) is 10.6. The number of hydrogen-bond donors (Lipinski definition) is 0. The number of rotatable bonds is 2. The van der Waals surface area contributed by atoms with E-state index in [9.17, 15) is 0 Å². The lowest BCUT2D eigenvalue weighted by atomic mass is 9.78. The van der Waals surface area contributed by atoms with Crippen molar-refractivity contribution in [2.45, 2.75) is 19.3 Å². The van der Waals surface area contributed by atoms with E-state index in [1.54, 1.807) is 0 Å². The molecule has 0 radical (unpaired) electrons. The van der Waals surface area contributed by atoms with Crippen molar-refractivity contribution in [3.63, 3.8) is 0 Å². The zero-order chi connectivity index (χ0) is 29.9. The molecule has 0 aliphatic heterocycles. The van der Waals surface area contributed by atoms with Gasteiger partial charge in [-0.15, -0.1) is 0 Å². The highest BCUT2D eigenvalue weighted by atomic mass is 14.4. The van der Waals surface area contributed by atoms with Crippen molar-refractivity contribution in [2.24, 2.45) is 0 Å². The fraction of sp³-hybridized carbons (Fsp3) is 0.0667. The van der Waals surface area contributed by atoms with Gasteiger partial charge >= 0.3 is 0 Å². The highest BCUT2D eigenvalue weighted by Gasteiger charge is 2.39. The fourth-order valence-corrected chi connectivity index (χ4v) is 8.53. The molecule has 0 bridgehead atoms. The predicted molar refractivity (Wildman–Crippen MR) is 194 cm³/mol. The van der Waals surface area contributed by atoms with Gasteiger partial charge in [-0.1, -0.05) is 147 Å². The standard InChI is InChI=1S/C45H30/c1-45(2)40-26-32(34-22-20-31-18-17-29-12-7-13-30-21-23-37(34)42(31)41(29)30)25-39(36-16-8-11-27-9-3-5-14-33(27)36)43(40)38-24-19-28-10-4-6-15-35(28)44(38)45/h3-26H,1-2H3. The van der Waals surface area contributed by atoms with E-state index in [2.05, 4.69) is 159 Å². The average Bonchev–Trinajstić information content (AvgIpc) is 3.33. The van der Waals surface area contributed by atoms with Crippen LogP contribution in [0, 0.1) is 0 Å². The molecule has 9 aromatic rings. The van der Waals surface area contributed by atoms with Gasteiger partial charge in [0.2, 0.25) is 0 Å². The number of benzene rings is 9.